The van der Waals surface area contributed by atoms with Crippen LogP contribution in [0.2, 0.25) is 0 Å². The predicted octanol–water partition coefficient (Wildman–Crippen LogP) is -0.544. The lowest BCUT2D eigenvalue weighted by molar-refractivity contribution is -0.119. The molecule has 53 valence electrons. The van der Waals surface area contributed by atoms with Crippen LogP contribution in [0.1, 0.15) is 12.8 Å². The van der Waals surface area contributed by atoms with Crippen molar-refractivity contribution in [3.8, 4) is 0 Å². The third-order valence-corrected chi connectivity index (χ3v) is 1.13. The van der Waals surface area contributed by atoms with Crippen molar-refractivity contribution in [1.82, 2.24) is 0 Å². The molecule has 1 atom stereocenters. The lowest BCUT2D eigenvalue weighted by atomic mass is 10.1. The van der Waals surface area contributed by atoms with Gasteiger partial charge in [0.2, 0.25) is 0 Å². The Hall–Kier alpha value is -0.410. The van der Waals surface area contributed by atoms with E-state index in [9.17, 15) is 4.79 Å². The first-order chi connectivity index (χ1) is 4.22. The molecular weight excluding hydrogens is 116 g/mol. The SMILES string of the molecule is [CH2]CCC(N)C(=O)CN. The van der Waals surface area contributed by atoms with Gasteiger partial charge in [-0.15, -0.1) is 0 Å². The zero-order valence-electron chi connectivity index (χ0n) is 5.47. The smallest absolute Gasteiger partial charge is 0.162 e. The van der Waals surface area contributed by atoms with E-state index in [-0.39, 0.29) is 12.3 Å². The van der Waals surface area contributed by atoms with Crippen LogP contribution >= 0.6 is 0 Å². The standard InChI is InChI=1S/C6H13N2O/c1-2-3-5(8)6(9)4-7/h5H,1-4,7-8H2. The molecular formula is C6H13N2O. The average Bonchev–Trinajstić information content (AvgIpc) is 1.87. The summed E-state index contributed by atoms with van der Waals surface area (Å²) in [7, 11) is 0. The first-order valence-electron chi connectivity index (χ1n) is 3.00. The maximum atomic E-state index is 10.6. The third-order valence-electron chi connectivity index (χ3n) is 1.13. The minimum Gasteiger partial charge on any atom is -0.324 e. The fraction of sp³-hybridized carbons (Fsp3) is 0.667. The van der Waals surface area contributed by atoms with E-state index in [1.165, 1.54) is 0 Å². The van der Waals surface area contributed by atoms with Crippen LogP contribution in [0.4, 0.5) is 0 Å². The summed E-state index contributed by atoms with van der Waals surface area (Å²) >= 11 is 0. The van der Waals surface area contributed by atoms with Crippen molar-refractivity contribution in [3.05, 3.63) is 6.92 Å². The minimum absolute atomic E-state index is 0.0428. The van der Waals surface area contributed by atoms with E-state index < -0.39 is 6.04 Å². The Morgan fingerprint density at radius 2 is 2.22 bits per heavy atom. The van der Waals surface area contributed by atoms with Gasteiger partial charge in [0.15, 0.2) is 5.78 Å². The van der Waals surface area contributed by atoms with Gasteiger partial charge in [0, 0.05) is 0 Å². The van der Waals surface area contributed by atoms with Crippen LogP contribution < -0.4 is 11.5 Å². The van der Waals surface area contributed by atoms with Crippen LogP contribution in [0, 0.1) is 6.92 Å². The van der Waals surface area contributed by atoms with Gasteiger partial charge in [0.05, 0.1) is 12.6 Å². The zero-order valence-corrected chi connectivity index (χ0v) is 5.47. The number of rotatable bonds is 4. The second-order valence-electron chi connectivity index (χ2n) is 1.92. The van der Waals surface area contributed by atoms with Crippen LogP contribution in [-0.4, -0.2) is 18.4 Å². The quantitative estimate of drug-likeness (QED) is 0.535. The molecule has 4 N–H and O–H groups in total. The van der Waals surface area contributed by atoms with Crippen LogP contribution in [0.15, 0.2) is 0 Å². The highest BCUT2D eigenvalue weighted by Crippen LogP contribution is 1.92. The molecule has 9 heavy (non-hydrogen) atoms. The third kappa shape index (κ3) is 3.21. The Labute approximate surface area is 55.4 Å². The molecule has 0 heterocycles. The number of Topliss-reactive ketones (excluding diaryl/α,β-unsaturated/α-hetero) is 1. The summed E-state index contributed by atoms with van der Waals surface area (Å²) in [4.78, 5) is 10.6. The van der Waals surface area contributed by atoms with Crippen LogP contribution in [0.3, 0.4) is 0 Å². The number of nitrogens with two attached hydrogens (primary N) is 2. The minimum atomic E-state index is -0.396. The van der Waals surface area contributed by atoms with Crippen molar-refractivity contribution in [3.63, 3.8) is 0 Å². The van der Waals surface area contributed by atoms with E-state index in [2.05, 4.69) is 6.92 Å². The van der Waals surface area contributed by atoms with Crippen LogP contribution in [0.5, 0.6) is 0 Å². The van der Waals surface area contributed by atoms with Gasteiger partial charge in [-0.05, 0) is 6.42 Å². The predicted molar refractivity (Wildman–Crippen MR) is 36.6 cm³/mol. The number of ketones is 1. The van der Waals surface area contributed by atoms with E-state index in [1.807, 2.05) is 0 Å². The van der Waals surface area contributed by atoms with E-state index >= 15 is 0 Å². The highest BCUT2D eigenvalue weighted by molar-refractivity contribution is 5.85. The van der Waals surface area contributed by atoms with Gasteiger partial charge in [0.1, 0.15) is 0 Å². The summed E-state index contributed by atoms with van der Waals surface area (Å²) in [6, 6.07) is -0.396. The van der Waals surface area contributed by atoms with Gasteiger partial charge in [-0.3, -0.25) is 4.79 Å². The Kier molecular flexibility index (Phi) is 4.26. The average molecular weight is 129 g/mol. The summed E-state index contributed by atoms with van der Waals surface area (Å²) in [5, 5.41) is 0. The molecule has 0 rings (SSSR count). The molecule has 0 aromatic heterocycles. The van der Waals surface area contributed by atoms with Crippen LogP contribution in [-0.2, 0) is 4.79 Å². The Balaban J connectivity index is 3.45. The zero-order chi connectivity index (χ0) is 7.28. The van der Waals surface area contributed by atoms with E-state index in [0.29, 0.717) is 12.8 Å². The fourth-order valence-corrected chi connectivity index (χ4v) is 0.532. The van der Waals surface area contributed by atoms with Crippen LogP contribution in [0.25, 0.3) is 0 Å². The molecule has 1 unspecified atom stereocenters. The molecule has 0 spiro atoms. The molecule has 0 fully saturated rings. The molecule has 0 amide bonds. The molecule has 0 aliphatic heterocycles. The largest absolute Gasteiger partial charge is 0.324 e. The van der Waals surface area contributed by atoms with Gasteiger partial charge in [-0.1, -0.05) is 13.3 Å². The van der Waals surface area contributed by atoms with Crippen molar-refractivity contribution in [1.29, 1.82) is 0 Å². The first kappa shape index (κ1) is 8.59. The Morgan fingerprint density at radius 3 is 2.56 bits per heavy atom. The summed E-state index contributed by atoms with van der Waals surface area (Å²) in [5.41, 5.74) is 10.4. The maximum absolute atomic E-state index is 10.6. The monoisotopic (exact) mass is 129 g/mol. The lowest BCUT2D eigenvalue weighted by Crippen LogP contribution is -2.35. The molecule has 0 bridgehead atoms. The van der Waals surface area contributed by atoms with Crippen molar-refractivity contribution < 1.29 is 4.79 Å². The molecule has 0 aromatic rings. The van der Waals surface area contributed by atoms with Gasteiger partial charge in [-0.2, -0.15) is 0 Å². The first-order valence-corrected chi connectivity index (χ1v) is 3.00. The number of hydrogen-bond donors (Lipinski definition) is 2. The van der Waals surface area contributed by atoms with E-state index in [1.54, 1.807) is 0 Å². The Morgan fingerprint density at radius 1 is 1.67 bits per heavy atom. The summed E-state index contributed by atoms with van der Waals surface area (Å²) in [5.74, 6) is -0.0846. The lowest BCUT2D eigenvalue weighted by Gasteiger charge is -2.05. The molecule has 0 aliphatic rings. The number of carbonyl (C=O) groups is 1. The molecule has 3 nitrogen and oxygen atoms in total. The van der Waals surface area contributed by atoms with Gasteiger partial charge < -0.3 is 11.5 Å². The maximum Gasteiger partial charge on any atom is 0.162 e. The second-order valence-corrected chi connectivity index (χ2v) is 1.92. The summed E-state index contributed by atoms with van der Waals surface area (Å²) in [6.45, 7) is 3.61. The second kappa shape index (κ2) is 4.47. The normalized spacial score (nSPS) is 13.2. The van der Waals surface area contributed by atoms with Gasteiger partial charge >= 0.3 is 0 Å². The van der Waals surface area contributed by atoms with Gasteiger partial charge in [-0.25, -0.2) is 0 Å². The van der Waals surface area contributed by atoms with Crippen molar-refractivity contribution in [2.75, 3.05) is 6.54 Å². The van der Waals surface area contributed by atoms with Crippen molar-refractivity contribution >= 4 is 5.78 Å². The molecule has 0 aliphatic carbocycles. The summed E-state index contributed by atoms with van der Waals surface area (Å²) in [6.07, 6.45) is 1.32. The highest BCUT2D eigenvalue weighted by Gasteiger charge is 2.08. The Bertz CT molecular complexity index is 93.1. The molecule has 0 aromatic carbocycles. The highest BCUT2D eigenvalue weighted by atomic mass is 16.1. The molecule has 0 saturated carbocycles. The number of carbonyl (C=O) groups excluding carboxylic acids is 1. The fourth-order valence-electron chi connectivity index (χ4n) is 0.532. The van der Waals surface area contributed by atoms with Crippen molar-refractivity contribution in [2.24, 2.45) is 11.5 Å². The molecule has 3 heteroatoms. The number of hydrogen-bond acceptors (Lipinski definition) is 3. The van der Waals surface area contributed by atoms with Gasteiger partial charge in [0.25, 0.3) is 0 Å². The molecule has 0 saturated heterocycles. The van der Waals surface area contributed by atoms with E-state index in [4.69, 9.17) is 11.5 Å². The summed E-state index contributed by atoms with van der Waals surface area (Å²) < 4.78 is 0. The van der Waals surface area contributed by atoms with E-state index in [0.717, 1.165) is 0 Å². The topological polar surface area (TPSA) is 69.1 Å². The van der Waals surface area contributed by atoms with Crippen molar-refractivity contribution in [2.45, 2.75) is 18.9 Å². The molecule has 1 radical (unpaired) electrons.